The Morgan fingerprint density at radius 2 is 1.96 bits per heavy atom. The van der Waals surface area contributed by atoms with Crippen LogP contribution in [-0.2, 0) is 17.4 Å². The zero-order valence-electron chi connectivity index (χ0n) is 12.8. The molecule has 0 aliphatic carbocycles. The van der Waals surface area contributed by atoms with Crippen molar-refractivity contribution in [3.8, 4) is 0 Å². The number of carbonyl (C=O) groups is 1. The van der Waals surface area contributed by atoms with Crippen LogP contribution in [0.2, 0.25) is 0 Å². The Morgan fingerprint density at radius 3 is 2.30 bits per heavy atom. The molecule has 0 bridgehead atoms. The number of aryl methyl sites for hydroxylation is 1. The molecule has 1 aromatic heterocycles. The van der Waals surface area contributed by atoms with Crippen LogP contribution in [0.5, 0.6) is 0 Å². The molecule has 0 fully saturated rings. The van der Waals surface area contributed by atoms with Crippen molar-refractivity contribution in [3.63, 3.8) is 0 Å². The van der Waals surface area contributed by atoms with Crippen LogP contribution < -0.4 is 0 Å². The Labute approximate surface area is 129 Å². The number of hydrogen-bond acceptors (Lipinski definition) is 3. The molecule has 5 nitrogen and oxygen atoms in total. The average Bonchev–Trinajstić information content (AvgIpc) is 2.80. The minimum atomic E-state index is -5.20. The summed E-state index contributed by atoms with van der Waals surface area (Å²) in [6.45, 7) is 1.78. The molecule has 23 heavy (non-hydrogen) atoms. The summed E-state index contributed by atoms with van der Waals surface area (Å²) >= 11 is 0. The minimum absolute atomic E-state index is 0.602. The third kappa shape index (κ3) is 4.18. The van der Waals surface area contributed by atoms with Gasteiger partial charge in [-0.05, 0) is 13.8 Å². The standard InChI is InChI=1S/C13H18F5N3O2/c1-8(2)21(7-9(14)15)10(22)6-12(23,13(16,17)18)11-19-4-5-20(11)3/h4-5,8-9,23H,6-7H2,1-3H3. The molecule has 0 aliphatic heterocycles. The number of carbonyl (C=O) groups excluding carboxylic acids is 1. The molecule has 132 valence electrons. The Hall–Kier alpha value is -1.71. The van der Waals surface area contributed by atoms with Crippen molar-refractivity contribution >= 4 is 5.91 Å². The Balaban J connectivity index is 3.16. The maximum absolute atomic E-state index is 13.3. The van der Waals surface area contributed by atoms with Crippen molar-refractivity contribution in [3.05, 3.63) is 18.2 Å². The van der Waals surface area contributed by atoms with Crippen molar-refractivity contribution in [1.82, 2.24) is 14.5 Å². The van der Waals surface area contributed by atoms with Gasteiger partial charge >= 0.3 is 6.18 Å². The molecule has 1 heterocycles. The van der Waals surface area contributed by atoms with E-state index in [-0.39, 0.29) is 0 Å². The Morgan fingerprint density at radius 1 is 1.39 bits per heavy atom. The first-order valence-corrected chi connectivity index (χ1v) is 6.74. The van der Waals surface area contributed by atoms with E-state index in [0.29, 0.717) is 4.90 Å². The van der Waals surface area contributed by atoms with Gasteiger partial charge in [-0.15, -0.1) is 0 Å². The number of hydrogen-bond donors (Lipinski definition) is 1. The molecule has 0 aliphatic rings. The summed E-state index contributed by atoms with van der Waals surface area (Å²) in [5.74, 6) is -2.01. The van der Waals surface area contributed by atoms with E-state index in [1.165, 1.54) is 27.1 Å². The number of alkyl halides is 5. The first kappa shape index (κ1) is 19.3. The number of aromatic nitrogens is 2. The fraction of sp³-hybridized carbons (Fsp3) is 0.692. The molecule has 10 heteroatoms. The summed E-state index contributed by atoms with van der Waals surface area (Å²) in [5, 5.41) is 10.1. The van der Waals surface area contributed by atoms with Gasteiger partial charge in [0.25, 0.3) is 6.43 Å². The summed E-state index contributed by atoms with van der Waals surface area (Å²) in [5.41, 5.74) is -3.56. The average molecular weight is 343 g/mol. The van der Waals surface area contributed by atoms with Gasteiger partial charge in [-0.1, -0.05) is 0 Å². The summed E-state index contributed by atoms with van der Waals surface area (Å²) in [6, 6.07) is -0.740. The van der Waals surface area contributed by atoms with Gasteiger partial charge in [0.2, 0.25) is 11.5 Å². The van der Waals surface area contributed by atoms with Crippen molar-refractivity contribution in [2.24, 2.45) is 7.05 Å². The maximum Gasteiger partial charge on any atom is 0.425 e. The first-order valence-electron chi connectivity index (χ1n) is 6.74. The third-order valence-electron chi connectivity index (χ3n) is 3.35. The number of nitrogens with zero attached hydrogens (tertiary/aromatic N) is 3. The molecule has 1 unspecified atom stereocenters. The van der Waals surface area contributed by atoms with Crippen LogP contribution >= 0.6 is 0 Å². The number of amides is 1. The molecule has 1 N–H and O–H groups in total. The zero-order valence-corrected chi connectivity index (χ0v) is 12.8. The highest BCUT2D eigenvalue weighted by molar-refractivity contribution is 5.78. The van der Waals surface area contributed by atoms with Crippen LogP contribution in [0, 0.1) is 0 Å². The lowest BCUT2D eigenvalue weighted by Crippen LogP contribution is -2.50. The van der Waals surface area contributed by atoms with Gasteiger partial charge in [-0.25, -0.2) is 13.8 Å². The van der Waals surface area contributed by atoms with Gasteiger partial charge < -0.3 is 14.6 Å². The summed E-state index contributed by atoms with van der Waals surface area (Å²) in [4.78, 5) is 16.1. The molecular weight excluding hydrogens is 325 g/mol. The molecule has 1 aromatic rings. The van der Waals surface area contributed by atoms with Crippen molar-refractivity contribution in [2.45, 2.75) is 44.5 Å². The highest BCUT2D eigenvalue weighted by Gasteiger charge is 2.59. The smallest absolute Gasteiger partial charge is 0.374 e. The third-order valence-corrected chi connectivity index (χ3v) is 3.35. The summed E-state index contributed by atoms with van der Waals surface area (Å²) in [6.07, 6.45) is -7.30. The monoisotopic (exact) mass is 343 g/mol. The maximum atomic E-state index is 13.3. The van der Waals surface area contributed by atoms with Gasteiger partial charge in [0, 0.05) is 25.5 Å². The highest BCUT2D eigenvalue weighted by atomic mass is 19.4. The normalized spacial score (nSPS) is 15.1. The van der Waals surface area contributed by atoms with Crippen LogP contribution in [0.1, 0.15) is 26.1 Å². The van der Waals surface area contributed by atoms with Crippen molar-refractivity contribution in [1.29, 1.82) is 0 Å². The molecular formula is C13H18F5N3O2. The molecule has 0 saturated carbocycles. The number of halogens is 5. The van der Waals surface area contributed by atoms with E-state index in [0.717, 1.165) is 10.8 Å². The molecule has 0 aromatic carbocycles. The highest BCUT2D eigenvalue weighted by Crippen LogP contribution is 2.41. The van der Waals surface area contributed by atoms with Gasteiger partial charge in [0.05, 0.1) is 13.0 Å². The molecule has 0 saturated heterocycles. The van der Waals surface area contributed by atoms with E-state index in [4.69, 9.17) is 0 Å². The van der Waals surface area contributed by atoms with Crippen LogP contribution in [0.15, 0.2) is 12.4 Å². The second-order valence-corrected chi connectivity index (χ2v) is 5.43. The van der Waals surface area contributed by atoms with Crippen LogP contribution in [0.25, 0.3) is 0 Å². The molecule has 1 atom stereocenters. The Kier molecular flexibility index (Phi) is 5.73. The molecule has 1 amide bonds. The van der Waals surface area contributed by atoms with Crippen LogP contribution in [-0.4, -0.2) is 50.7 Å². The molecule has 1 rings (SSSR count). The van der Waals surface area contributed by atoms with Crippen molar-refractivity contribution in [2.75, 3.05) is 6.54 Å². The largest absolute Gasteiger partial charge is 0.425 e. The van der Waals surface area contributed by atoms with E-state index in [2.05, 4.69) is 4.98 Å². The minimum Gasteiger partial charge on any atom is -0.374 e. The van der Waals surface area contributed by atoms with Gasteiger partial charge in [-0.3, -0.25) is 4.79 Å². The summed E-state index contributed by atoms with van der Waals surface area (Å²) < 4.78 is 65.9. The fourth-order valence-electron chi connectivity index (χ4n) is 2.14. The number of imidazole rings is 1. The number of aliphatic hydroxyl groups is 1. The van der Waals surface area contributed by atoms with E-state index < -0.39 is 48.9 Å². The lowest BCUT2D eigenvalue weighted by atomic mass is 9.96. The molecule has 0 spiro atoms. The lowest BCUT2D eigenvalue weighted by Gasteiger charge is -2.33. The zero-order chi connectivity index (χ0) is 18.0. The van der Waals surface area contributed by atoms with Gasteiger partial charge in [0.1, 0.15) is 0 Å². The fourth-order valence-corrected chi connectivity index (χ4v) is 2.14. The second kappa shape index (κ2) is 6.81. The van der Waals surface area contributed by atoms with Crippen LogP contribution in [0.3, 0.4) is 0 Å². The predicted molar refractivity (Wildman–Crippen MR) is 70.6 cm³/mol. The van der Waals surface area contributed by atoms with E-state index in [1.54, 1.807) is 0 Å². The second-order valence-electron chi connectivity index (χ2n) is 5.43. The van der Waals surface area contributed by atoms with E-state index in [9.17, 15) is 31.9 Å². The quantitative estimate of drug-likeness (QED) is 0.805. The first-order chi connectivity index (χ1) is 10.4. The number of rotatable bonds is 6. The summed E-state index contributed by atoms with van der Waals surface area (Å²) in [7, 11) is 1.23. The predicted octanol–water partition coefficient (Wildman–Crippen LogP) is 2.06. The lowest BCUT2D eigenvalue weighted by molar-refractivity contribution is -0.272. The SMILES string of the molecule is CC(C)N(CC(F)F)C(=O)CC(O)(c1nccn1C)C(F)(F)F. The molecule has 0 radical (unpaired) electrons. The Bertz CT molecular complexity index is 544. The van der Waals surface area contributed by atoms with E-state index in [1.807, 2.05) is 0 Å². The van der Waals surface area contributed by atoms with Gasteiger partial charge in [0.15, 0.2) is 5.82 Å². The van der Waals surface area contributed by atoms with E-state index >= 15 is 0 Å². The van der Waals surface area contributed by atoms with Gasteiger partial charge in [-0.2, -0.15) is 13.2 Å². The van der Waals surface area contributed by atoms with Crippen molar-refractivity contribution < 1.29 is 31.9 Å². The van der Waals surface area contributed by atoms with Crippen LogP contribution in [0.4, 0.5) is 22.0 Å². The topological polar surface area (TPSA) is 58.4 Å².